The van der Waals surface area contributed by atoms with Crippen molar-refractivity contribution >= 4 is 23.1 Å². The summed E-state index contributed by atoms with van der Waals surface area (Å²) in [6, 6.07) is 0. The van der Waals surface area contributed by atoms with Gasteiger partial charge in [-0.1, -0.05) is 26.3 Å². The van der Waals surface area contributed by atoms with Crippen LogP contribution in [0.15, 0.2) is 48.6 Å². The van der Waals surface area contributed by atoms with Crippen LogP contribution in [0.5, 0.6) is 0 Å². The standard InChI is InChI=1S/C25H36O8/c1-17(2)21(26)9-30-13-25(14-31-10-22(27)18(3)4,15-32-11-23(28)19(5)6)16-33-12-24(29)20(7)8/h1,3,5,7,9-16H2,2,4,6,8H3. The van der Waals surface area contributed by atoms with Gasteiger partial charge in [0.2, 0.25) is 0 Å². The van der Waals surface area contributed by atoms with Crippen molar-refractivity contribution in [2.45, 2.75) is 27.7 Å². The minimum absolute atomic E-state index is 0.0597. The summed E-state index contributed by atoms with van der Waals surface area (Å²) in [5, 5.41) is 0. The number of rotatable bonds is 20. The number of carbonyl (C=O) groups excluding carboxylic acids is 4. The fraction of sp³-hybridized carbons (Fsp3) is 0.520. The highest BCUT2D eigenvalue weighted by Crippen LogP contribution is 2.21. The van der Waals surface area contributed by atoms with E-state index in [0.29, 0.717) is 22.3 Å². The Morgan fingerprint density at radius 2 is 0.667 bits per heavy atom. The zero-order chi connectivity index (χ0) is 25.6. The van der Waals surface area contributed by atoms with Crippen LogP contribution in [0.25, 0.3) is 0 Å². The van der Waals surface area contributed by atoms with Gasteiger partial charge < -0.3 is 18.9 Å². The van der Waals surface area contributed by atoms with E-state index in [2.05, 4.69) is 26.3 Å². The van der Waals surface area contributed by atoms with Gasteiger partial charge in [0.15, 0.2) is 23.1 Å². The first-order chi connectivity index (χ1) is 15.3. The number of hydrogen-bond donors (Lipinski definition) is 0. The third-order valence-corrected chi connectivity index (χ3v) is 4.47. The number of ketones is 4. The molecular weight excluding hydrogens is 428 g/mol. The first kappa shape index (κ1) is 30.5. The van der Waals surface area contributed by atoms with Gasteiger partial charge in [-0.3, -0.25) is 19.2 Å². The van der Waals surface area contributed by atoms with Crippen LogP contribution in [0.3, 0.4) is 0 Å². The number of Topliss-reactive ketones (excluding diaryl/α,β-unsaturated/α-hetero) is 4. The van der Waals surface area contributed by atoms with Crippen molar-refractivity contribution in [3.63, 3.8) is 0 Å². The van der Waals surface area contributed by atoms with Crippen LogP contribution >= 0.6 is 0 Å². The van der Waals surface area contributed by atoms with Crippen LogP contribution in [-0.2, 0) is 38.1 Å². The smallest absolute Gasteiger partial charge is 0.183 e. The highest BCUT2D eigenvalue weighted by molar-refractivity contribution is 5.96. The van der Waals surface area contributed by atoms with Crippen LogP contribution in [0.2, 0.25) is 0 Å². The molecular formula is C25H36O8. The molecule has 0 bridgehead atoms. The van der Waals surface area contributed by atoms with Crippen LogP contribution in [0, 0.1) is 5.41 Å². The van der Waals surface area contributed by atoms with Crippen LogP contribution in [0.4, 0.5) is 0 Å². The summed E-state index contributed by atoms with van der Waals surface area (Å²) in [6.45, 7) is 19.5. The quantitative estimate of drug-likeness (QED) is 0.253. The van der Waals surface area contributed by atoms with E-state index in [4.69, 9.17) is 18.9 Å². The van der Waals surface area contributed by atoms with Crippen molar-refractivity contribution in [3.8, 4) is 0 Å². The lowest BCUT2D eigenvalue weighted by atomic mass is 9.92. The Morgan fingerprint density at radius 3 is 0.818 bits per heavy atom. The summed E-state index contributed by atoms with van der Waals surface area (Å²) in [5.74, 6) is -1.11. The predicted molar refractivity (Wildman–Crippen MR) is 125 cm³/mol. The Hall–Kier alpha value is -2.52. The Labute approximate surface area is 196 Å². The zero-order valence-corrected chi connectivity index (χ0v) is 20.3. The highest BCUT2D eigenvalue weighted by atomic mass is 16.5. The monoisotopic (exact) mass is 464 g/mol. The Bertz CT molecular complexity index is 657. The molecule has 0 fully saturated rings. The molecule has 0 heterocycles. The van der Waals surface area contributed by atoms with E-state index in [1.165, 1.54) is 0 Å². The van der Waals surface area contributed by atoms with Crippen molar-refractivity contribution in [2.24, 2.45) is 5.41 Å². The highest BCUT2D eigenvalue weighted by Gasteiger charge is 2.34. The average Bonchev–Trinajstić information content (AvgIpc) is 2.72. The first-order valence-electron chi connectivity index (χ1n) is 10.4. The molecule has 0 aliphatic rings. The van der Waals surface area contributed by atoms with Crippen LogP contribution < -0.4 is 0 Å². The molecule has 0 aromatic carbocycles. The predicted octanol–water partition coefficient (Wildman–Crippen LogP) is 2.62. The molecule has 0 aromatic rings. The van der Waals surface area contributed by atoms with E-state index >= 15 is 0 Å². The van der Waals surface area contributed by atoms with E-state index in [0.717, 1.165) is 0 Å². The molecule has 33 heavy (non-hydrogen) atoms. The SMILES string of the molecule is C=C(C)C(=O)COCC(COCC(=O)C(=C)C)(COCC(=O)C(=C)C)COCC(=O)C(=C)C. The topological polar surface area (TPSA) is 105 Å². The van der Waals surface area contributed by atoms with E-state index in [9.17, 15) is 19.2 Å². The zero-order valence-electron chi connectivity index (χ0n) is 20.3. The molecule has 0 aliphatic carbocycles. The largest absolute Gasteiger partial charge is 0.372 e. The van der Waals surface area contributed by atoms with Crippen molar-refractivity contribution in [1.82, 2.24) is 0 Å². The Kier molecular flexibility index (Phi) is 14.2. The van der Waals surface area contributed by atoms with Gasteiger partial charge in [0.25, 0.3) is 0 Å². The van der Waals surface area contributed by atoms with Crippen molar-refractivity contribution in [1.29, 1.82) is 0 Å². The van der Waals surface area contributed by atoms with E-state index in [1.807, 2.05) is 0 Å². The summed E-state index contributed by atoms with van der Waals surface area (Å²) in [5.41, 5.74) is 0.354. The molecule has 0 saturated carbocycles. The molecule has 0 aromatic heterocycles. The molecule has 0 rings (SSSR count). The van der Waals surface area contributed by atoms with Crippen molar-refractivity contribution in [2.75, 3.05) is 52.9 Å². The molecule has 0 unspecified atom stereocenters. The second-order valence-corrected chi connectivity index (χ2v) is 8.29. The first-order valence-corrected chi connectivity index (χ1v) is 10.4. The van der Waals surface area contributed by atoms with E-state index < -0.39 is 5.41 Å². The molecule has 0 N–H and O–H groups in total. The van der Waals surface area contributed by atoms with Gasteiger partial charge in [0.05, 0.1) is 31.8 Å². The summed E-state index contributed by atoms with van der Waals surface area (Å²) < 4.78 is 22.3. The fourth-order valence-electron chi connectivity index (χ4n) is 2.18. The van der Waals surface area contributed by atoms with Gasteiger partial charge in [-0.2, -0.15) is 0 Å². The third-order valence-electron chi connectivity index (χ3n) is 4.47. The minimum atomic E-state index is -1.02. The van der Waals surface area contributed by atoms with Gasteiger partial charge in [-0.05, 0) is 50.0 Å². The summed E-state index contributed by atoms with van der Waals surface area (Å²) in [6.07, 6.45) is 0. The van der Waals surface area contributed by atoms with Gasteiger partial charge in [0, 0.05) is 0 Å². The molecule has 0 radical (unpaired) electrons. The molecule has 8 nitrogen and oxygen atoms in total. The molecule has 8 heteroatoms. The van der Waals surface area contributed by atoms with Gasteiger partial charge in [-0.15, -0.1) is 0 Å². The van der Waals surface area contributed by atoms with E-state index in [1.54, 1.807) is 27.7 Å². The normalized spacial score (nSPS) is 11.0. The van der Waals surface area contributed by atoms with Crippen LogP contribution in [-0.4, -0.2) is 76.0 Å². The lowest BCUT2D eigenvalue weighted by Crippen LogP contribution is -2.43. The minimum Gasteiger partial charge on any atom is -0.372 e. The molecule has 0 atom stereocenters. The van der Waals surface area contributed by atoms with Gasteiger partial charge in [-0.25, -0.2) is 0 Å². The average molecular weight is 465 g/mol. The molecule has 0 amide bonds. The summed E-state index contributed by atoms with van der Waals surface area (Å²) >= 11 is 0. The maximum Gasteiger partial charge on any atom is 0.183 e. The maximum absolute atomic E-state index is 11.9. The van der Waals surface area contributed by atoms with E-state index in [-0.39, 0.29) is 76.0 Å². The van der Waals surface area contributed by atoms with Gasteiger partial charge in [0.1, 0.15) is 26.4 Å². The third kappa shape index (κ3) is 12.9. The second kappa shape index (κ2) is 15.3. The lowest BCUT2D eigenvalue weighted by Gasteiger charge is -2.32. The number of ether oxygens (including phenoxy) is 4. The number of hydrogen-bond acceptors (Lipinski definition) is 8. The van der Waals surface area contributed by atoms with Gasteiger partial charge >= 0.3 is 0 Å². The summed E-state index contributed by atoms with van der Waals surface area (Å²) in [4.78, 5) is 47.5. The molecule has 0 aliphatic heterocycles. The number of carbonyl (C=O) groups is 4. The lowest BCUT2D eigenvalue weighted by molar-refractivity contribution is -0.138. The molecule has 184 valence electrons. The van der Waals surface area contributed by atoms with Crippen molar-refractivity contribution < 1.29 is 38.1 Å². The Morgan fingerprint density at radius 1 is 0.485 bits per heavy atom. The summed E-state index contributed by atoms with van der Waals surface area (Å²) in [7, 11) is 0. The van der Waals surface area contributed by atoms with Crippen LogP contribution in [0.1, 0.15) is 27.7 Å². The maximum atomic E-state index is 11.9. The Balaban J connectivity index is 5.49. The van der Waals surface area contributed by atoms with Crippen molar-refractivity contribution in [3.05, 3.63) is 48.6 Å². The molecule has 0 spiro atoms. The molecule has 0 saturated heterocycles. The fourth-order valence-corrected chi connectivity index (χ4v) is 2.18. The second-order valence-electron chi connectivity index (χ2n) is 8.29.